The van der Waals surface area contributed by atoms with Gasteiger partial charge in [0.15, 0.2) is 0 Å². The van der Waals surface area contributed by atoms with Crippen LogP contribution in [0.1, 0.15) is 51.5 Å². The smallest absolute Gasteiger partial charge is 0.121 e. The van der Waals surface area contributed by atoms with Gasteiger partial charge in [0.05, 0.1) is 16.7 Å². The molecule has 0 radical (unpaired) electrons. The molecule has 0 amide bonds. The molecule has 98 valence electrons. The van der Waals surface area contributed by atoms with E-state index in [0.717, 1.165) is 12.2 Å². The minimum atomic E-state index is 0.186. The Morgan fingerprint density at radius 3 is 2.72 bits per heavy atom. The van der Waals surface area contributed by atoms with Gasteiger partial charge in [-0.2, -0.15) is 5.26 Å². The second-order valence-electron chi connectivity index (χ2n) is 4.53. The van der Waals surface area contributed by atoms with Gasteiger partial charge in [0.25, 0.3) is 0 Å². The Morgan fingerprint density at radius 1 is 1.33 bits per heavy atom. The molecule has 1 unspecified atom stereocenters. The molecule has 0 fully saturated rings. The zero-order valence-corrected chi connectivity index (χ0v) is 11.8. The van der Waals surface area contributed by atoms with E-state index >= 15 is 0 Å². The van der Waals surface area contributed by atoms with Gasteiger partial charge in [-0.25, -0.2) is 0 Å². The van der Waals surface area contributed by atoms with Crippen LogP contribution in [0.3, 0.4) is 0 Å². The molecule has 1 aromatic rings. The summed E-state index contributed by atoms with van der Waals surface area (Å²) in [6, 6.07) is 7.24. The lowest BCUT2D eigenvalue weighted by Crippen LogP contribution is -2.11. The highest BCUT2D eigenvalue weighted by Crippen LogP contribution is 2.23. The molecule has 0 N–H and O–H groups in total. The highest BCUT2D eigenvalue weighted by atomic mass is 35.5. The van der Waals surface area contributed by atoms with E-state index in [1.165, 1.54) is 25.7 Å². The number of nitrogens with zero attached hydrogens (tertiary/aromatic N) is 1. The molecule has 0 aromatic heterocycles. The summed E-state index contributed by atoms with van der Waals surface area (Å²) < 4.78 is 5.78. The van der Waals surface area contributed by atoms with Crippen molar-refractivity contribution >= 4 is 11.6 Å². The molecule has 0 aliphatic rings. The number of benzene rings is 1. The van der Waals surface area contributed by atoms with Crippen molar-refractivity contribution in [3.05, 3.63) is 28.8 Å². The summed E-state index contributed by atoms with van der Waals surface area (Å²) in [6.07, 6.45) is 6.23. The molecule has 2 nitrogen and oxygen atoms in total. The fourth-order valence-corrected chi connectivity index (χ4v) is 2.02. The van der Waals surface area contributed by atoms with E-state index in [9.17, 15) is 0 Å². The maximum atomic E-state index is 8.78. The molecule has 0 bridgehead atoms. The van der Waals surface area contributed by atoms with Crippen molar-refractivity contribution < 1.29 is 4.74 Å². The zero-order valence-electron chi connectivity index (χ0n) is 11.1. The summed E-state index contributed by atoms with van der Waals surface area (Å²) in [4.78, 5) is 0. The summed E-state index contributed by atoms with van der Waals surface area (Å²) in [6.45, 7) is 4.27. The molecular formula is C15H20ClNO. The third kappa shape index (κ3) is 4.98. The summed E-state index contributed by atoms with van der Waals surface area (Å²) in [5.74, 6) is 0.738. The fraction of sp³-hybridized carbons (Fsp3) is 0.533. The van der Waals surface area contributed by atoms with E-state index < -0.39 is 0 Å². The zero-order chi connectivity index (χ0) is 13.4. The van der Waals surface area contributed by atoms with Gasteiger partial charge in [-0.3, -0.25) is 0 Å². The molecule has 18 heavy (non-hydrogen) atoms. The average Bonchev–Trinajstić information content (AvgIpc) is 2.35. The largest absolute Gasteiger partial charge is 0.491 e. The first kappa shape index (κ1) is 14.9. The van der Waals surface area contributed by atoms with Crippen molar-refractivity contribution in [2.24, 2.45) is 0 Å². The third-order valence-corrected chi connectivity index (χ3v) is 3.18. The average molecular weight is 266 g/mol. The molecule has 0 saturated heterocycles. The Balaban J connectivity index is 2.42. The van der Waals surface area contributed by atoms with Crippen molar-refractivity contribution in [2.45, 2.75) is 52.1 Å². The molecule has 0 aliphatic carbocycles. The van der Waals surface area contributed by atoms with Crippen molar-refractivity contribution in [1.82, 2.24) is 0 Å². The van der Waals surface area contributed by atoms with Crippen molar-refractivity contribution in [2.75, 3.05) is 0 Å². The number of nitriles is 1. The minimum Gasteiger partial charge on any atom is -0.491 e. The lowest BCUT2D eigenvalue weighted by atomic mass is 10.1. The molecule has 1 atom stereocenters. The number of hydrogen-bond acceptors (Lipinski definition) is 2. The molecular weight excluding hydrogens is 246 g/mol. The summed E-state index contributed by atoms with van der Waals surface area (Å²) in [5, 5.41) is 9.23. The maximum absolute atomic E-state index is 8.78. The predicted octanol–water partition coefficient (Wildman–Crippen LogP) is 4.95. The van der Waals surface area contributed by atoms with Crippen LogP contribution in [0.5, 0.6) is 5.75 Å². The fourth-order valence-electron chi connectivity index (χ4n) is 1.81. The second kappa shape index (κ2) is 8.00. The van der Waals surface area contributed by atoms with Crippen molar-refractivity contribution in [3.63, 3.8) is 0 Å². The summed E-state index contributed by atoms with van der Waals surface area (Å²) >= 11 is 5.96. The molecule has 1 rings (SSSR count). The van der Waals surface area contributed by atoms with Crippen LogP contribution >= 0.6 is 11.6 Å². The minimum absolute atomic E-state index is 0.186. The van der Waals surface area contributed by atoms with E-state index in [1.807, 2.05) is 6.07 Å². The Morgan fingerprint density at radius 2 is 2.11 bits per heavy atom. The SMILES string of the molecule is CCCCCCC(C)Oc1ccc(C#N)c(Cl)c1. The molecule has 0 saturated carbocycles. The number of halogens is 1. The van der Waals surface area contributed by atoms with Crippen LogP contribution in [-0.2, 0) is 0 Å². The normalized spacial score (nSPS) is 11.9. The third-order valence-electron chi connectivity index (χ3n) is 2.86. The first-order valence-corrected chi connectivity index (χ1v) is 6.91. The summed E-state index contributed by atoms with van der Waals surface area (Å²) in [5.41, 5.74) is 0.486. The van der Waals surface area contributed by atoms with Gasteiger partial charge in [-0.05, 0) is 31.9 Å². The lowest BCUT2D eigenvalue weighted by molar-refractivity contribution is 0.206. The first-order valence-electron chi connectivity index (χ1n) is 6.53. The van der Waals surface area contributed by atoms with E-state index in [2.05, 4.69) is 13.8 Å². The van der Waals surface area contributed by atoms with E-state index in [1.54, 1.807) is 18.2 Å². The lowest BCUT2D eigenvalue weighted by Gasteiger charge is -2.14. The predicted molar refractivity (Wildman–Crippen MR) is 75.0 cm³/mol. The van der Waals surface area contributed by atoms with Gasteiger partial charge in [-0.1, -0.05) is 37.8 Å². The van der Waals surface area contributed by atoms with E-state index in [-0.39, 0.29) is 6.10 Å². The molecule has 1 aromatic carbocycles. The van der Waals surface area contributed by atoms with Crippen molar-refractivity contribution in [1.29, 1.82) is 5.26 Å². The van der Waals surface area contributed by atoms with Gasteiger partial charge >= 0.3 is 0 Å². The molecule has 0 spiro atoms. The van der Waals surface area contributed by atoms with Crippen LogP contribution in [0.25, 0.3) is 0 Å². The standard InChI is InChI=1S/C15H20ClNO/c1-3-4-5-6-7-12(2)18-14-9-8-13(11-17)15(16)10-14/h8-10,12H,3-7H2,1-2H3. The van der Waals surface area contributed by atoms with Crippen LogP contribution in [0.2, 0.25) is 5.02 Å². The van der Waals surface area contributed by atoms with Gasteiger partial charge in [0.1, 0.15) is 11.8 Å². The van der Waals surface area contributed by atoms with Crippen LogP contribution < -0.4 is 4.74 Å². The molecule has 0 aliphatic heterocycles. The van der Waals surface area contributed by atoms with Crippen LogP contribution in [0, 0.1) is 11.3 Å². The number of hydrogen-bond donors (Lipinski definition) is 0. The molecule has 0 heterocycles. The maximum Gasteiger partial charge on any atom is 0.121 e. The molecule has 3 heteroatoms. The van der Waals surface area contributed by atoms with Crippen LogP contribution in [-0.4, -0.2) is 6.10 Å². The van der Waals surface area contributed by atoms with Gasteiger partial charge < -0.3 is 4.74 Å². The second-order valence-corrected chi connectivity index (χ2v) is 4.94. The first-order chi connectivity index (χ1) is 8.67. The number of unbranched alkanes of at least 4 members (excludes halogenated alkanes) is 3. The Labute approximate surface area is 115 Å². The quantitative estimate of drug-likeness (QED) is 0.654. The Kier molecular flexibility index (Phi) is 6.60. The van der Waals surface area contributed by atoms with Gasteiger partial charge in [-0.15, -0.1) is 0 Å². The highest BCUT2D eigenvalue weighted by molar-refractivity contribution is 6.31. The van der Waals surface area contributed by atoms with Gasteiger partial charge in [0.2, 0.25) is 0 Å². The number of ether oxygens (including phenoxy) is 1. The topological polar surface area (TPSA) is 33.0 Å². The van der Waals surface area contributed by atoms with E-state index in [4.69, 9.17) is 21.6 Å². The van der Waals surface area contributed by atoms with Crippen molar-refractivity contribution in [3.8, 4) is 11.8 Å². The monoisotopic (exact) mass is 265 g/mol. The van der Waals surface area contributed by atoms with Crippen LogP contribution in [0.15, 0.2) is 18.2 Å². The van der Waals surface area contributed by atoms with Gasteiger partial charge in [0, 0.05) is 6.07 Å². The van der Waals surface area contributed by atoms with Crippen LogP contribution in [0.4, 0.5) is 0 Å². The Hall–Kier alpha value is -1.20. The van der Waals surface area contributed by atoms with E-state index in [0.29, 0.717) is 10.6 Å². The highest BCUT2D eigenvalue weighted by Gasteiger charge is 2.06. The Bertz CT molecular complexity index is 411. The number of rotatable bonds is 7. The summed E-state index contributed by atoms with van der Waals surface area (Å²) in [7, 11) is 0.